The standard InChI is InChI=1S/C20H24ClNO2/c1-13-6-9-16(12-18(13)21)22-19(23)14(2)24-17-10-7-15(8-11-17)20(3,4)5/h6-12,14H,1-5H3,(H,22,23)/t14-/m0/s1. The van der Waals surface area contributed by atoms with Gasteiger partial charge in [-0.3, -0.25) is 4.79 Å². The van der Waals surface area contributed by atoms with Crippen LogP contribution < -0.4 is 10.1 Å². The number of benzene rings is 2. The third kappa shape index (κ3) is 4.75. The van der Waals surface area contributed by atoms with Gasteiger partial charge in [0.25, 0.3) is 5.91 Å². The molecule has 2 rings (SSSR count). The number of hydrogen-bond acceptors (Lipinski definition) is 2. The summed E-state index contributed by atoms with van der Waals surface area (Å²) in [6, 6.07) is 13.3. The minimum absolute atomic E-state index is 0.0895. The monoisotopic (exact) mass is 345 g/mol. The summed E-state index contributed by atoms with van der Waals surface area (Å²) < 4.78 is 5.72. The number of anilines is 1. The number of nitrogens with one attached hydrogen (secondary N) is 1. The summed E-state index contributed by atoms with van der Waals surface area (Å²) in [5.41, 5.74) is 2.94. The molecule has 3 nitrogen and oxygen atoms in total. The predicted molar refractivity (Wildman–Crippen MR) is 100 cm³/mol. The molecule has 0 unspecified atom stereocenters. The third-order valence-corrected chi connectivity index (χ3v) is 4.25. The van der Waals surface area contributed by atoms with Crippen molar-refractivity contribution in [2.24, 2.45) is 0 Å². The fraction of sp³-hybridized carbons (Fsp3) is 0.350. The average Bonchev–Trinajstić information content (AvgIpc) is 2.50. The van der Waals surface area contributed by atoms with Gasteiger partial charge in [-0.15, -0.1) is 0 Å². The number of aryl methyl sites for hydroxylation is 1. The van der Waals surface area contributed by atoms with E-state index in [1.807, 2.05) is 43.3 Å². The number of halogens is 1. The van der Waals surface area contributed by atoms with E-state index in [-0.39, 0.29) is 11.3 Å². The highest BCUT2D eigenvalue weighted by Gasteiger charge is 2.17. The molecule has 2 aromatic carbocycles. The Labute approximate surface area is 149 Å². The first-order chi connectivity index (χ1) is 11.2. The molecule has 0 aliphatic carbocycles. The highest BCUT2D eigenvalue weighted by Crippen LogP contribution is 2.25. The van der Waals surface area contributed by atoms with Crippen LogP contribution in [0.5, 0.6) is 5.75 Å². The van der Waals surface area contributed by atoms with Crippen LogP contribution in [-0.2, 0) is 10.2 Å². The summed E-state index contributed by atoms with van der Waals surface area (Å²) in [5, 5.41) is 3.44. The molecule has 0 aromatic heterocycles. The molecule has 0 bridgehead atoms. The van der Waals surface area contributed by atoms with Crippen LogP contribution in [0.1, 0.15) is 38.8 Å². The lowest BCUT2D eigenvalue weighted by Crippen LogP contribution is -2.30. The summed E-state index contributed by atoms with van der Waals surface area (Å²) >= 11 is 6.08. The van der Waals surface area contributed by atoms with Gasteiger partial charge in [0.2, 0.25) is 0 Å². The molecule has 24 heavy (non-hydrogen) atoms. The van der Waals surface area contributed by atoms with Crippen molar-refractivity contribution >= 4 is 23.2 Å². The molecular weight excluding hydrogens is 322 g/mol. The van der Waals surface area contributed by atoms with Gasteiger partial charge in [0, 0.05) is 10.7 Å². The molecule has 0 fully saturated rings. The lowest BCUT2D eigenvalue weighted by molar-refractivity contribution is -0.122. The highest BCUT2D eigenvalue weighted by atomic mass is 35.5. The van der Waals surface area contributed by atoms with Gasteiger partial charge in [-0.1, -0.05) is 50.6 Å². The Bertz CT molecular complexity index is 717. The lowest BCUT2D eigenvalue weighted by Gasteiger charge is -2.20. The summed E-state index contributed by atoms with van der Waals surface area (Å²) in [7, 11) is 0. The topological polar surface area (TPSA) is 38.3 Å². The summed E-state index contributed by atoms with van der Waals surface area (Å²) in [6.45, 7) is 10.1. The van der Waals surface area contributed by atoms with Crippen molar-refractivity contribution in [3.8, 4) is 5.75 Å². The van der Waals surface area contributed by atoms with Gasteiger partial charge < -0.3 is 10.1 Å². The molecule has 128 valence electrons. The third-order valence-electron chi connectivity index (χ3n) is 3.84. The van der Waals surface area contributed by atoms with E-state index in [9.17, 15) is 4.79 Å². The van der Waals surface area contributed by atoms with Gasteiger partial charge in [-0.25, -0.2) is 0 Å². The second kappa shape index (κ2) is 7.27. The van der Waals surface area contributed by atoms with E-state index in [1.165, 1.54) is 5.56 Å². The molecule has 0 saturated heterocycles. The number of carbonyl (C=O) groups is 1. The maximum absolute atomic E-state index is 12.3. The Morgan fingerprint density at radius 1 is 1.12 bits per heavy atom. The van der Waals surface area contributed by atoms with Crippen molar-refractivity contribution in [2.45, 2.75) is 46.1 Å². The zero-order valence-electron chi connectivity index (χ0n) is 14.8. The molecule has 0 heterocycles. The summed E-state index contributed by atoms with van der Waals surface area (Å²) in [4.78, 5) is 12.3. The number of ether oxygens (including phenoxy) is 1. The second-order valence-corrected chi connectivity index (χ2v) is 7.39. The predicted octanol–water partition coefficient (Wildman–Crippen LogP) is 5.35. The molecule has 0 radical (unpaired) electrons. The molecule has 0 saturated carbocycles. The molecule has 0 aliphatic rings. The molecule has 0 aliphatic heterocycles. The van der Waals surface area contributed by atoms with Gasteiger partial charge >= 0.3 is 0 Å². The number of rotatable bonds is 4. The first-order valence-corrected chi connectivity index (χ1v) is 8.39. The Hall–Kier alpha value is -2.00. The fourth-order valence-corrected chi connectivity index (χ4v) is 2.39. The van der Waals surface area contributed by atoms with E-state index in [2.05, 4.69) is 26.1 Å². The smallest absolute Gasteiger partial charge is 0.265 e. The maximum Gasteiger partial charge on any atom is 0.265 e. The molecular formula is C20H24ClNO2. The van der Waals surface area contributed by atoms with Crippen LogP contribution in [0.2, 0.25) is 5.02 Å². The largest absolute Gasteiger partial charge is 0.481 e. The number of hydrogen-bond donors (Lipinski definition) is 1. The molecule has 2 aromatic rings. The minimum atomic E-state index is -0.606. The van der Waals surface area contributed by atoms with E-state index in [0.717, 1.165) is 5.56 Å². The summed E-state index contributed by atoms with van der Waals surface area (Å²) in [5.74, 6) is 0.461. The Kier molecular flexibility index (Phi) is 5.55. The van der Waals surface area contributed by atoms with Crippen molar-refractivity contribution < 1.29 is 9.53 Å². The van der Waals surface area contributed by atoms with Crippen LogP contribution in [0, 0.1) is 6.92 Å². The lowest BCUT2D eigenvalue weighted by atomic mass is 9.87. The van der Waals surface area contributed by atoms with Crippen LogP contribution in [0.4, 0.5) is 5.69 Å². The van der Waals surface area contributed by atoms with Crippen molar-refractivity contribution in [1.29, 1.82) is 0 Å². The van der Waals surface area contributed by atoms with Crippen LogP contribution in [0.25, 0.3) is 0 Å². The minimum Gasteiger partial charge on any atom is -0.481 e. The Morgan fingerprint density at radius 2 is 1.75 bits per heavy atom. The fourth-order valence-electron chi connectivity index (χ4n) is 2.21. The second-order valence-electron chi connectivity index (χ2n) is 6.99. The molecule has 1 N–H and O–H groups in total. The first-order valence-electron chi connectivity index (χ1n) is 8.01. The van der Waals surface area contributed by atoms with E-state index in [1.54, 1.807) is 13.0 Å². The SMILES string of the molecule is Cc1ccc(NC(=O)[C@H](C)Oc2ccc(C(C)(C)C)cc2)cc1Cl. The maximum atomic E-state index is 12.3. The van der Waals surface area contributed by atoms with E-state index in [0.29, 0.717) is 16.5 Å². The zero-order chi connectivity index (χ0) is 17.9. The Balaban J connectivity index is 1.99. The summed E-state index contributed by atoms with van der Waals surface area (Å²) in [6.07, 6.45) is -0.606. The van der Waals surface area contributed by atoms with Gasteiger partial charge in [-0.2, -0.15) is 0 Å². The molecule has 1 atom stereocenters. The van der Waals surface area contributed by atoms with E-state index >= 15 is 0 Å². The van der Waals surface area contributed by atoms with Gasteiger partial charge in [0.15, 0.2) is 6.10 Å². The number of amides is 1. The van der Waals surface area contributed by atoms with Crippen molar-refractivity contribution in [2.75, 3.05) is 5.32 Å². The van der Waals surface area contributed by atoms with E-state index in [4.69, 9.17) is 16.3 Å². The normalized spacial score (nSPS) is 12.6. The molecule has 4 heteroatoms. The number of carbonyl (C=O) groups excluding carboxylic acids is 1. The van der Waals surface area contributed by atoms with Gasteiger partial charge in [0.05, 0.1) is 0 Å². The van der Waals surface area contributed by atoms with Crippen LogP contribution in [0.15, 0.2) is 42.5 Å². The molecule has 0 spiro atoms. The van der Waals surface area contributed by atoms with Gasteiger partial charge in [-0.05, 0) is 54.7 Å². The Morgan fingerprint density at radius 3 is 2.29 bits per heavy atom. The highest BCUT2D eigenvalue weighted by molar-refractivity contribution is 6.31. The van der Waals surface area contributed by atoms with Crippen molar-refractivity contribution in [1.82, 2.24) is 0 Å². The van der Waals surface area contributed by atoms with Crippen LogP contribution in [-0.4, -0.2) is 12.0 Å². The average molecular weight is 346 g/mol. The van der Waals surface area contributed by atoms with Gasteiger partial charge in [0.1, 0.15) is 5.75 Å². The zero-order valence-corrected chi connectivity index (χ0v) is 15.6. The van der Waals surface area contributed by atoms with Crippen molar-refractivity contribution in [3.63, 3.8) is 0 Å². The van der Waals surface area contributed by atoms with Crippen LogP contribution >= 0.6 is 11.6 Å². The van der Waals surface area contributed by atoms with E-state index < -0.39 is 6.10 Å². The molecule has 1 amide bonds. The first kappa shape index (κ1) is 18.3. The van der Waals surface area contributed by atoms with Crippen molar-refractivity contribution in [3.05, 3.63) is 58.6 Å². The quantitative estimate of drug-likeness (QED) is 0.810. The van der Waals surface area contributed by atoms with Crippen LogP contribution in [0.3, 0.4) is 0 Å².